The first-order chi connectivity index (χ1) is 12.0. The van der Waals surface area contributed by atoms with Gasteiger partial charge >= 0.3 is 0 Å². The first-order valence-corrected chi connectivity index (χ1v) is 8.81. The Bertz CT molecular complexity index is 724. The van der Waals surface area contributed by atoms with Crippen LogP contribution in [0.3, 0.4) is 0 Å². The molecule has 0 aliphatic carbocycles. The lowest BCUT2D eigenvalue weighted by Gasteiger charge is -2.34. The van der Waals surface area contributed by atoms with Gasteiger partial charge in [-0.1, -0.05) is 36.4 Å². The maximum atomic E-state index is 12.6. The Morgan fingerprint density at radius 3 is 2.44 bits per heavy atom. The lowest BCUT2D eigenvalue weighted by molar-refractivity contribution is -0.117. The quantitative estimate of drug-likeness (QED) is 0.931. The Kier molecular flexibility index (Phi) is 5.34. The summed E-state index contributed by atoms with van der Waals surface area (Å²) in [7, 11) is 2.14. The first-order valence-electron chi connectivity index (χ1n) is 8.81. The van der Waals surface area contributed by atoms with E-state index in [-0.39, 0.29) is 11.8 Å². The van der Waals surface area contributed by atoms with Gasteiger partial charge in [-0.2, -0.15) is 0 Å². The number of nitrogens with zero attached hydrogens (tertiary/aromatic N) is 3. The van der Waals surface area contributed by atoms with Gasteiger partial charge in [-0.25, -0.2) is 4.98 Å². The molecule has 1 amide bonds. The Balaban J connectivity index is 1.72. The third kappa shape index (κ3) is 4.17. The van der Waals surface area contributed by atoms with Crippen molar-refractivity contribution < 1.29 is 4.79 Å². The monoisotopic (exact) mass is 338 g/mol. The number of amides is 1. The molecular weight excluding hydrogens is 312 g/mol. The molecule has 1 aliphatic rings. The molecule has 0 bridgehead atoms. The third-order valence-corrected chi connectivity index (χ3v) is 4.82. The van der Waals surface area contributed by atoms with Gasteiger partial charge in [0.15, 0.2) is 0 Å². The number of hydrogen-bond donors (Lipinski definition) is 1. The zero-order valence-corrected chi connectivity index (χ0v) is 15.2. The molecule has 0 saturated carbocycles. The largest absolute Gasteiger partial charge is 0.354 e. The fraction of sp³-hybridized carbons (Fsp3) is 0.400. The molecule has 2 aromatic rings. The van der Waals surface area contributed by atoms with Crippen molar-refractivity contribution in [2.75, 3.05) is 43.4 Å². The van der Waals surface area contributed by atoms with Gasteiger partial charge in [-0.3, -0.25) is 4.79 Å². The fourth-order valence-electron chi connectivity index (χ4n) is 3.05. The van der Waals surface area contributed by atoms with Crippen LogP contribution in [0.15, 0.2) is 42.5 Å². The second-order valence-corrected chi connectivity index (χ2v) is 6.75. The molecule has 2 heterocycles. The van der Waals surface area contributed by atoms with Gasteiger partial charge in [0.2, 0.25) is 5.91 Å². The van der Waals surface area contributed by atoms with Crippen LogP contribution in [0.4, 0.5) is 11.6 Å². The molecule has 1 fully saturated rings. The number of piperazine rings is 1. The average molecular weight is 338 g/mol. The number of anilines is 2. The van der Waals surface area contributed by atoms with Crippen molar-refractivity contribution in [2.45, 2.75) is 19.8 Å². The van der Waals surface area contributed by atoms with E-state index in [9.17, 15) is 4.79 Å². The Morgan fingerprint density at radius 1 is 1.08 bits per heavy atom. The van der Waals surface area contributed by atoms with Crippen LogP contribution in [0.5, 0.6) is 0 Å². The summed E-state index contributed by atoms with van der Waals surface area (Å²) in [5.74, 6) is 1.34. The molecule has 0 unspecified atom stereocenters. The van der Waals surface area contributed by atoms with Crippen LogP contribution >= 0.6 is 0 Å². The molecule has 132 valence electrons. The molecule has 1 saturated heterocycles. The van der Waals surface area contributed by atoms with Gasteiger partial charge in [0.05, 0.1) is 5.92 Å². The normalized spacial score (nSPS) is 16.5. The Labute approximate surface area is 149 Å². The number of likely N-dealkylation sites (N-methyl/N-ethyl adjacent to an activating group) is 1. The minimum atomic E-state index is -0.212. The predicted molar refractivity (Wildman–Crippen MR) is 102 cm³/mol. The van der Waals surface area contributed by atoms with Crippen LogP contribution in [0, 0.1) is 6.92 Å². The lowest BCUT2D eigenvalue weighted by atomic mass is 10.0. The van der Waals surface area contributed by atoms with E-state index in [1.54, 1.807) is 0 Å². The van der Waals surface area contributed by atoms with Crippen LogP contribution in [0.25, 0.3) is 0 Å². The van der Waals surface area contributed by atoms with E-state index in [4.69, 9.17) is 4.98 Å². The van der Waals surface area contributed by atoms with E-state index in [1.807, 2.05) is 49.4 Å². The second kappa shape index (κ2) is 7.66. The van der Waals surface area contributed by atoms with Gasteiger partial charge in [0.1, 0.15) is 11.6 Å². The van der Waals surface area contributed by atoms with E-state index < -0.39 is 0 Å². The molecule has 1 N–H and O–H groups in total. The van der Waals surface area contributed by atoms with Crippen molar-refractivity contribution in [1.82, 2.24) is 9.88 Å². The maximum absolute atomic E-state index is 12.6. The number of carbonyl (C=O) groups excluding carboxylic acids is 1. The summed E-state index contributed by atoms with van der Waals surface area (Å²) in [5, 5.41) is 2.97. The smallest absolute Gasteiger partial charge is 0.232 e. The minimum Gasteiger partial charge on any atom is -0.354 e. The highest BCUT2D eigenvalue weighted by Gasteiger charge is 2.19. The summed E-state index contributed by atoms with van der Waals surface area (Å²) < 4.78 is 0. The molecule has 25 heavy (non-hydrogen) atoms. The number of aromatic nitrogens is 1. The molecule has 1 aliphatic heterocycles. The van der Waals surface area contributed by atoms with Gasteiger partial charge in [-0.05, 0) is 38.1 Å². The Morgan fingerprint density at radius 2 is 1.76 bits per heavy atom. The number of hydrogen-bond acceptors (Lipinski definition) is 4. The van der Waals surface area contributed by atoms with Crippen molar-refractivity contribution in [3.05, 3.63) is 53.6 Å². The number of nitrogens with one attached hydrogen (secondary N) is 1. The summed E-state index contributed by atoms with van der Waals surface area (Å²) in [6, 6.07) is 13.7. The van der Waals surface area contributed by atoms with Crippen LogP contribution < -0.4 is 10.2 Å². The highest BCUT2D eigenvalue weighted by atomic mass is 16.1. The van der Waals surface area contributed by atoms with Crippen LogP contribution in [-0.2, 0) is 4.79 Å². The average Bonchev–Trinajstić information content (AvgIpc) is 2.64. The summed E-state index contributed by atoms with van der Waals surface area (Å²) in [6.45, 7) is 7.97. The molecule has 1 aromatic heterocycles. The number of benzene rings is 1. The topological polar surface area (TPSA) is 48.5 Å². The summed E-state index contributed by atoms with van der Waals surface area (Å²) >= 11 is 0. The van der Waals surface area contributed by atoms with Crippen LogP contribution in [-0.4, -0.2) is 49.0 Å². The Hall–Kier alpha value is -2.40. The van der Waals surface area contributed by atoms with Gasteiger partial charge in [0.25, 0.3) is 0 Å². The molecule has 0 spiro atoms. The van der Waals surface area contributed by atoms with Crippen molar-refractivity contribution >= 4 is 17.5 Å². The first kappa shape index (κ1) is 17.4. The fourth-order valence-corrected chi connectivity index (χ4v) is 3.05. The van der Waals surface area contributed by atoms with Gasteiger partial charge < -0.3 is 15.1 Å². The minimum absolute atomic E-state index is 0.0353. The molecule has 5 nitrogen and oxygen atoms in total. The molecule has 1 atom stereocenters. The highest BCUT2D eigenvalue weighted by Crippen LogP contribution is 2.22. The number of pyridine rings is 1. The third-order valence-electron chi connectivity index (χ3n) is 4.82. The maximum Gasteiger partial charge on any atom is 0.232 e. The van der Waals surface area contributed by atoms with E-state index in [0.29, 0.717) is 5.82 Å². The van der Waals surface area contributed by atoms with Crippen molar-refractivity contribution in [3.8, 4) is 0 Å². The second-order valence-electron chi connectivity index (χ2n) is 6.75. The molecule has 0 radical (unpaired) electrons. The predicted octanol–water partition coefficient (Wildman–Crippen LogP) is 2.88. The lowest BCUT2D eigenvalue weighted by Crippen LogP contribution is -2.45. The highest BCUT2D eigenvalue weighted by molar-refractivity contribution is 5.95. The standard InChI is InChI=1S/C20H26N4O/c1-15-9-10-18(21-19(15)24-13-11-23(3)12-14-24)22-20(25)16(2)17-7-5-4-6-8-17/h4-10,16H,11-14H2,1-3H3,(H,21,22,25)/t16-/m1/s1. The van der Waals surface area contributed by atoms with Crippen LogP contribution in [0.1, 0.15) is 24.0 Å². The van der Waals surface area contributed by atoms with E-state index >= 15 is 0 Å². The van der Waals surface area contributed by atoms with Crippen molar-refractivity contribution in [1.29, 1.82) is 0 Å². The molecule has 3 rings (SSSR count). The zero-order valence-electron chi connectivity index (χ0n) is 15.2. The van der Waals surface area contributed by atoms with E-state index in [1.165, 1.54) is 0 Å². The van der Waals surface area contributed by atoms with E-state index in [2.05, 4.69) is 29.1 Å². The number of rotatable bonds is 4. The zero-order chi connectivity index (χ0) is 17.8. The van der Waals surface area contributed by atoms with Gasteiger partial charge in [0, 0.05) is 26.2 Å². The number of aryl methyl sites for hydroxylation is 1. The number of carbonyl (C=O) groups is 1. The summed E-state index contributed by atoms with van der Waals surface area (Å²) in [6.07, 6.45) is 0. The summed E-state index contributed by atoms with van der Waals surface area (Å²) in [4.78, 5) is 21.9. The van der Waals surface area contributed by atoms with Crippen molar-refractivity contribution in [3.63, 3.8) is 0 Å². The molecular formula is C20H26N4O. The summed E-state index contributed by atoms with van der Waals surface area (Å²) in [5.41, 5.74) is 2.14. The SMILES string of the molecule is Cc1ccc(NC(=O)[C@H](C)c2ccccc2)nc1N1CCN(C)CC1. The van der Waals surface area contributed by atoms with E-state index in [0.717, 1.165) is 43.1 Å². The molecule has 5 heteroatoms. The van der Waals surface area contributed by atoms with Crippen LogP contribution in [0.2, 0.25) is 0 Å². The van der Waals surface area contributed by atoms with Gasteiger partial charge in [-0.15, -0.1) is 0 Å². The molecule has 1 aromatic carbocycles. The van der Waals surface area contributed by atoms with Crippen molar-refractivity contribution in [2.24, 2.45) is 0 Å².